The molecule has 1 aromatic rings. The topological polar surface area (TPSA) is 38.3 Å². The molecule has 0 amide bonds. The van der Waals surface area contributed by atoms with E-state index in [1.807, 2.05) is 30.3 Å². The molecule has 3 heteroatoms. The minimum atomic E-state index is -0.242. The van der Waals surface area contributed by atoms with Crippen molar-refractivity contribution in [3.63, 3.8) is 0 Å². The van der Waals surface area contributed by atoms with Crippen LogP contribution in [0.15, 0.2) is 30.3 Å². The van der Waals surface area contributed by atoms with E-state index < -0.39 is 0 Å². The number of hydrogen-bond acceptors (Lipinski definition) is 3. The molecular formula is C18H27NO2. The lowest BCUT2D eigenvalue weighted by atomic mass is 9.58. The van der Waals surface area contributed by atoms with E-state index in [2.05, 4.69) is 12.2 Å². The van der Waals surface area contributed by atoms with Crippen LogP contribution in [0, 0.1) is 11.3 Å². The summed E-state index contributed by atoms with van der Waals surface area (Å²) >= 11 is 0. The lowest BCUT2D eigenvalue weighted by Crippen LogP contribution is -2.49. The normalized spacial score (nSPS) is 27.2. The van der Waals surface area contributed by atoms with Gasteiger partial charge in [-0.05, 0) is 49.1 Å². The molecule has 1 spiro atoms. The molecule has 1 N–H and O–H groups in total. The fourth-order valence-corrected chi connectivity index (χ4v) is 3.23. The summed E-state index contributed by atoms with van der Waals surface area (Å²) in [7, 11) is 0. The van der Waals surface area contributed by atoms with E-state index in [1.54, 1.807) is 0 Å². The first kappa shape index (κ1) is 16.0. The summed E-state index contributed by atoms with van der Waals surface area (Å²) in [5.74, 6) is 0.758. The van der Waals surface area contributed by atoms with Crippen LogP contribution in [0.3, 0.4) is 0 Å². The SMILES string of the molecule is CC(=O)OCc1ccccc1.CC1CCC12CCCNC2. The summed E-state index contributed by atoms with van der Waals surface area (Å²) < 4.78 is 4.79. The van der Waals surface area contributed by atoms with Crippen LogP contribution < -0.4 is 5.32 Å². The first-order valence-electron chi connectivity index (χ1n) is 8.00. The fraction of sp³-hybridized carbons (Fsp3) is 0.611. The minimum Gasteiger partial charge on any atom is -0.461 e. The number of hydrogen-bond donors (Lipinski definition) is 1. The van der Waals surface area contributed by atoms with Gasteiger partial charge in [-0.3, -0.25) is 4.79 Å². The van der Waals surface area contributed by atoms with Crippen molar-refractivity contribution in [2.24, 2.45) is 11.3 Å². The summed E-state index contributed by atoms with van der Waals surface area (Å²) in [5.41, 5.74) is 1.76. The quantitative estimate of drug-likeness (QED) is 0.846. The Morgan fingerprint density at radius 2 is 2.10 bits per heavy atom. The zero-order valence-corrected chi connectivity index (χ0v) is 13.2. The summed E-state index contributed by atoms with van der Waals surface area (Å²) in [5, 5.41) is 3.51. The Morgan fingerprint density at radius 3 is 2.52 bits per heavy atom. The Hall–Kier alpha value is -1.35. The van der Waals surface area contributed by atoms with E-state index in [0.29, 0.717) is 6.61 Å². The predicted molar refractivity (Wildman–Crippen MR) is 84.8 cm³/mol. The first-order chi connectivity index (χ1) is 10.1. The number of carbonyl (C=O) groups excluding carboxylic acids is 1. The molecule has 2 aliphatic rings. The van der Waals surface area contributed by atoms with Gasteiger partial charge in [-0.1, -0.05) is 37.3 Å². The van der Waals surface area contributed by atoms with Gasteiger partial charge in [0.1, 0.15) is 6.61 Å². The Balaban J connectivity index is 0.000000154. The summed E-state index contributed by atoms with van der Waals surface area (Å²) in [4.78, 5) is 10.4. The molecule has 2 atom stereocenters. The highest BCUT2D eigenvalue weighted by Crippen LogP contribution is 2.50. The van der Waals surface area contributed by atoms with Gasteiger partial charge in [0.15, 0.2) is 0 Å². The largest absolute Gasteiger partial charge is 0.461 e. The van der Waals surface area contributed by atoms with Gasteiger partial charge in [-0.2, -0.15) is 0 Å². The second-order valence-corrected chi connectivity index (χ2v) is 6.35. The average Bonchev–Trinajstić information content (AvgIpc) is 2.54. The molecule has 0 radical (unpaired) electrons. The fourth-order valence-electron chi connectivity index (χ4n) is 3.23. The lowest BCUT2D eigenvalue weighted by Gasteiger charge is -2.51. The van der Waals surface area contributed by atoms with Crippen LogP contribution in [-0.4, -0.2) is 19.1 Å². The van der Waals surface area contributed by atoms with Crippen LogP contribution >= 0.6 is 0 Å². The number of esters is 1. The van der Waals surface area contributed by atoms with Gasteiger partial charge in [0.25, 0.3) is 0 Å². The molecule has 2 fully saturated rings. The highest BCUT2D eigenvalue weighted by atomic mass is 16.5. The van der Waals surface area contributed by atoms with Gasteiger partial charge in [0.05, 0.1) is 0 Å². The number of nitrogens with one attached hydrogen (secondary N) is 1. The number of piperidine rings is 1. The Labute approximate surface area is 128 Å². The van der Waals surface area contributed by atoms with Crippen molar-refractivity contribution in [3.05, 3.63) is 35.9 Å². The van der Waals surface area contributed by atoms with E-state index in [9.17, 15) is 4.79 Å². The van der Waals surface area contributed by atoms with Crippen LogP contribution in [-0.2, 0) is 16.1 Å². The molecule has 1 saturated heterocycles. The van der Waals surface area contributed by atoms with E-state index in [-0.39, 0.29) is 5.97 Å². The third-order valence-corrected chi connectivity index (χ3v) is 4.91. The Bertz CT molecular complexity index is 438. The van der Waals surface area contributed by atoms with Crippen molar-refractivity contribution in [2.45, 2.75) is 46.1 Å². The molecule has 1 heterocycles. The number of ether oxygens (including phenoxy) is 1. The zero-order chi connectivity index (χ0) is 15.1. The molecule has 0 aromatic heterocycles. The van der Waals surface area contributed by atoms with Crippen molar-refractivity contribution in [2.75, 3.05) is 13.1 Å². The molecular weight excluding hydrogens is 262 g/mol. The Morgan fingerprint density at radius 1 is 1.33 bits per heavy atom. The summed E-state index contributed by atoms with van der Waals surface area (Å²) in [6.45, 7) is 6.75. The van der Waals surface area contributed by atoms with Gasteiger partial charge in [0.2, 0.25) is 0 Å². The highest BCUT2D eigenvalue weighted by Gasteiger charge is 2.43. The molecule has 2 unspecified atom stereocenters. The maximum atomic E-state index is 10.4. The average molecular weight is 289 g/mol. The minimum absolute atomic E-state index is 0.242. The molecule has 3 rings (SSSR count). The van der Waals surface area contributed by atoms with Crippen LogP contribution in [0.1, 0.15) is 45.1 Å². The monoisotopic (exact) mass is 289 g/mol. The molecule has 1 aromatic carbocycles. The van der Waals surface area contributed by atoms with Crippen LogP contribution in [0.25, 0.3) is 0 Å². The van der Waals surface area contributed by atoms with Crippen LogP contribution in [0.5, 0.6) is 0 Å². The molecule has 116 valence electrons. The van der Waals surface area contributed by atoms with Gasteiger partial charge < -0.3 is 10.1 Å². The van der Waals surface area contributed by atoms with E-state index in [4.69, 9.17) is 4.74 Å². The van der Waals surface area contributed by atoms with Crippen molar-refractivity contribution >= 4 is 5.97 Å². The van der Waals surface area contributed by atoms with Crippen molar-refractivity contribution < 1.29 is 9.53 Å². The smallest absolute Gasteiger partial charge is 0.302 e. The van der Waals surface area contributed by atoms with Gasteiger partial charge in [-0.25, -0.2) is 0 Å². The summed E-state index contributed by atoms with van der Waals surface area (Å²) in [6, 6.07) is 9.60. The van der Waals surface area contributed by atoms with Crippen LogP contribution in [0.2, 0.25) is 0 Å². The number of rotatable bonds is 2. The maximum Gasteiger partial charge on any atom is 0.302 e. The van der Waals surface area contributed by atoms with Crippen molar-refractivity contribution in [3.8, 4) is 0 Å². The Kier molecular flexibility index (Phi) is 5.80. The third kappa shape index (κ3) is 4.57. The first-order valence-corrected chi connectivity index (χ1v) is 8.00. The number of carbonyl (C=O) groups is 1. The zero-order valence-electron chi connectivity index (χ0n) is 13.2. The number of benzene rings is 1. The van der Waals surface area contributed by atoms with E-state index in [1.165, 1.54) is 45.7 Å². The lowest BCUT2D eigenvalue weighted by molar-refractivity contribution is -0.142. The van der Waals surface area contributed by atoms with E-state index in [0.717, 1.165) is 16.9 Å². The molecule has 1 aliphatic carbocycles. The van der Waals surface area contributed by atoms with E-state index >= 15 is 0 Å². The molecule has 1 saturated carbocycles. The van der Waals surface area contributed by atoms with Gasteiger partial charge in [-0.15, -0.1) is 0 Å². The molecule has 0 bridgehead atoms. The van der Waals surface area contributed by atoms with Crippen molar-refractivity contribution in [1.82, 2.24) is 5.32 Å². The molecule has 21 heavy (non-hydrogen) atoms. The molecule has 1 aliphatic heterocycles. The second-order valence-electron chi connectivity index (χ2n) is 6.35. The maximum absolute atomic E-state index is 10.4. The molecule has 3 nitrogen and oxygen atoms in total. The third-order valence-electron chi connectivity index (χ3n) is 4.91. The van der Waals surface area contributed by atoms with Crippen LogP contribution in [0.4, 0.5) is 0 Å². The van der Waals surface area contributed by atoms with Gasteiger partial charge in [0, 0.05) is 13.5 Å². The summed E-state index contributed by atoms with van der Waals surface area (Å²) in [6.07, 6.45) is 5.86. The standard InChI is InChI=1S/C9H17N.C9H10O2/c1-8-3-5-9(8)4-2-6-10-7-9;1-8(10)11-7-9-5-3-2-4-6-9/h8,10H,2-7H2,1H3;2-6H,7H2,1H3. The second kappa shape index (κ2) is 7.60. The highest BCUT2D eigenvalue weighted by molar-refractivity contribution is 5.65. The predicted octanol–water partition coefficient (Wildman–Crippen LogP) is 3.54. The van der Waals surface area contributed by atoms with Crippen molar-refractivity contribution in [1.29, 1.82) is 0 Å². The van der Waals surface area contributed by atoms with Gasteiger partial charge >= 0.3 is 5.97 Å².